The van der Waals surface area contributed by atoms with Gasteiger partial charge in [0.25, 0.3) is 0 Å². The van der Waals surface area contributed by atoms with E-state index in [4.69, 9.17) is 15.0 Å². The molecule has 2 rings (SSSR count). The third kappa shape index (κ3) is 3.37. The lowest BCUT2D eigenvalue weighted by molar-refractivity contribution is 0.322. The number of nitrogens with zero attached hydrogens (tertiary/aromatic N) is 2. The largest absolute Gasteiger partial charge is 0.491 e. The zero-order chi connectivity index (χ0) is 14.5. The summed E-state index contributed by atoms with van der Waals surface area (Å²) in [5.41, 5.74) is 6.71. The first kappa shape index (κ1) is 14.1. The fourth-order valence-corrected chi connectivity index (χ4v) is 1.74. The molecule has 1 aromatic heterocycles. The van der Waals surface area contributed by atoms with E-state index in [0.717, 1.165) is 0 Å². The lowest BCUT2D eigenvalue weighted by Crippen LogP contribution is -2.09. The molecule has 3 N–H and O–H groups in total. The number of hydrogen-bond acceptors (Lipinski definition) is 6. The van der Waals surface area contributed by atoms with E-state index in [1.165, 1.54) is 6.07 Å². The van der Waals surface area contributed by atoms with Gasteiger partial charge in [-0.2, -0.15) is 4.98 Å². The van der Waals surface area contributed by atoms with Crippen LogP contribution >= 0.6 is 0 Å². The van der Waals surface area contributed by atoms with Crippen LogP contribution in [0.3, 0.4) is 0 Å². The molecule has 0 bridgehead atoms. The third-order valence-electron chi connectivity index (χ3n) is 2.64. The molecular formula is C13H17FN4O2. The average Bonchev–Trinajstić information content (AvgIpc) is 2.81. The van der Waals surface area contributed by atoms with Crippen molar-refractivity contribution in [3.63, 3.8) is 0 Å². The molecule has 0 fully saturated rings. The number of aryl methyl sites for hydroxylation is 1. The minimum absolute atomic E-state index is 0.180. The summed E-state index contributed by atoms with van der Waals surface area (Å²) in [7, 11) is 0. The highest BCUT2D eigenvalue weighted by Crippen LogP contribution is 2.28. The number of nitrogens with one attached hydrogen (secondary N) is 1. The van der Waals surface area contributed by atoms with E-state index in [1.807, 2.05) is 0 Å². The Morgan fingerprint density at radius 3 is 2.90 bits per heavy atom. The molecule has 0 radical (unpaired) electrons. The first-order valence-electron chi connectivity index (χ1n) is 6.35. The van der Waals surface area contributed by atoms with Crippen molar-refractivity contribution < 1.29 is 13.7 Å². The van der Waals surface area contributed by atoms with Crippen LogP contribution in [0.15, 0.2) is 16.7 Å². The Morgan fingerprint density at radius 1 is 1.45 bits per heavy atom. The van der Waals surface area contributed by atoms with Gasteiger partial charge in [0.15, 0.2) is 17.4 Å². The molecule has 2 aromatic rings. The van der Waals surface area contributed by atoms with Gasteiger partial charge in [-0.3, -0.25) is 0 Å². The lowest BCUT2D eigenvalue weighted by atomic mass is 10.2. The maximum Gasteiger partial charge on any atom is 0.223 e. The molecule has 1 aromatic carbocycles. The summed E-state index contributed by atoms with van der Waals surface area (Å²) in [6.07, 6.45) is 0.581. The predicted octanol–water partition coefficient (Wildman–Crippen LogP) is 2.15. The summed E-state index contributed by atoms with van der Waals surface area (Å²) in [6.45, 7) is 4.47. The average molecular weight is 280 g/mol. The van der Waals surface area contributed by atoms with Crippen LogP contribution in [-0.4, -0.2) is 23.3 Å². The maximum absolute atomic E-state index is 13.5. The van der Waals surface area contributed by atoms with Gasteiger partial charge in [-0.05, 0) is 6.92 Å². The fourth-order valence-electron chi connectivity index (χ4n) is 1.74. The number of halogens is 1. The van der Waals surface area contributed by atoms with Crippen molar-refractivity contribution in [2.24, 2.45) is 0 Å². The number of rotatable bonds is 6. The van der Waals surface area contributed by atoms with Gasteiger partial charge >= 0.3 is 0 Å². The summed E-state index contributed by atoms with van der Waals surface area (Å²) < 4.78 is 23.6. The Kier molecular flexibility index (Phi) is 4.39. The highest BCUT2D eigenvalue weighted by molar-refractivity contribution is 5.68. The zero-order valence-corrected chi connectivity index (χ0v) is 11.4. The first-order valence-corrected chi connectivity index (χ1v) is 6.35. The standard InChI is InChI=1S/C13H17FN4O2/c1-3-19-12-7-11(10(15)6-9(12)14)16-5-4-13-17-8(2)20-18-13/h6-7,16H,3-5,15H2,1-2H3. The van der Waals surface area contributed by atoms with Gasteiger partial charge in [0.05, 0.1) is 18.0 Å². The molecule has 0 saturated heterocycles. The lowest BCUT2D eigenvalue weighted by Gasteiger charge is -2.12. The van der Waals surface area contributed by atoms with E-state index >= 15 is 0 Å². The number of hydrogen-bond donors (Lipinski definition) is 2. The zero-order valence-electron chi connectivity index (χ0n) is 11.4. The van der Waals surface area contributed by atoms with Gasteiger partial charge in [-0.1, -0.05) is 5.16 Å². The second-order valence-electron chi connectivity index (χ2n) is 4.21. The number of benzene rings is 1. The number of ether oxygens (including phenoxy) is 1. The van der Waals surface area contributed by atoms with Gasteiger partial charge < -0.3 is 20.3 Å². The van der Waals surface area contributed by atoms with Gasteiger partial charge in [0, 0.05) is 32.0 Å². The molecule has 0 saturated carbocycles. The van der Waals surface area contributed by atoms with E-state index in [0.29, 0.717) is 42.7 Å². The van der Waals surface area contributed by atoms with Crippen LogP contribution in [0.1, 0.15) is 18.6 Å². The van der Waals surface area contributed by atoms with Crippen LogP contribution in [0.2, 0.25) is 0 Å². The second kappa shape index (κ2) is 6.23. The monoisotopic (exact) mass is 280 g/mol. The minimum atomic E-state index is -0.469. The number of anilines is 2. The first-order chi connectivity index (χ1) is 9.60. The molecular weight excluding hydrogens is 263 g/mol. The van der Waals surface area contributed by atoms with Gasteiger partial charge in [-0.25, -0.2) is 4.39 Å². The summed E-state index contributed by atoms with van der Waals surface area (Å²) in [4.78, 5) is 4.09. The molecule has 0 spiro atoms. The molecule has 0 aliphatic heterocycles. The van der Waals surface area contributed by atoms with Crippen LogP contribution < -0.4 is 15.8 Å². The van der Waals surface area contributed by atoms with Gasteiger partial charge in [-0.15, -0.1) is 0 Å². The molecule has 0 aliphatic rings. The number of nitrogens with two attached hydrogens (primary N) is 1. The molecule has 108 valence electrons. The highest BCUT2D eigenvalue weighted by atomic mass is 19.1. The van der Waals surface area contributed by atoms with E-state index in [1.54, 1.807) is 19.9 Å². The van der Waals surface area contributed by atoms with Crippen molar-refractivity contribution in [1.29, 1.82) is 0 Å². The summed E-state index contributed by atoms with van der Waals surface area (Å²) >= 11 is 0. The number of aromatic nitrogens is 2. The Hall–Kier alpha value is -2.31. The van der Waals surface area contributed by atoms with Crippen LogP contribution in [0.5, 0.6) is 5.75 Å². The predicted molar refractivity (Wildman–Crippen MR) is 73.2 cm³/mol. The SMILES string of the molecule is CCOc1cc(NCCc2noc(C)n2)c(N)cc1F. The molecule has 6 nitrogen and oxygen atoms in total. The van der Waals surface area contributed by atoms with Crippen molar-refractivity contribution in [2.45, 2.75) is 20.3 Å². The van der Waals surface area contributed by atoms with E-state index in [9.17, 15) is 4.39 Å². The summed E-state index contributed by atoms with van der Waals surface area (Å²) in [6, 6.07) is 2.79. The molecule has 7 heteroatoms. The molecule has 0 aliphatic carbocycles. The van der Waals surface area contributed by atoms with E-state index < -0.39 is 5.82 Å². The maximum atomic E-state index is 13.5. The molecule has 20 heavy (non-hydrogen) atoms. The molecule has 0 amide bonds. The van der Waals surface area contributed by atoms with Crippen LogP contribution in [0, 0.1) is 12.7 Å². The Morgan fingerprint density at radius 2 is 2.25 bits per heavy atom. The number of nitrogen functional groups attached to an aromatic ring is 1. The van der Waals surface area contributed by atoms with Crippen LogP contribution in [-0.2, 0) is 6.42 Å². The summed E-state index contributed by atoms with van der Waals surface area (Å²) in [5, 5.41) is 6.89. The van der Waals surface area contributed by atoms with Crippen molar-refractivity contribution in [3.05, 3.63) is 29.7 Å². The van der Waals surface area contributed by atoms with Gasteiger partial charge in [0.2, 0.25) is 5.89 Å². The van der Waals surface area contributed by atoms with E-state index in [-0.39, 0.29) is 5.75 Å². The normalized spacial score (nSPS) is 10.6. The van der Waals surface area contributed by atoms with Crippen molar-refractivity contribution in [2.75, 3.05) is 24.2 Å². The minimum Gasteiger partial charge on any atom is -0.491 e. The second-order valence-corrected chi connectivity index (χ2v) is 4.21. The quantitative estimate of drug-likeness (QED) is 0.788. The Balaban J connectivity index is 1.99. The highest BCUT2D eigenvalue weighted by Gasteiger charge is 2.09. The smallest absolute Gasteiger partial charge is 0.223 e. The van der Waals surface area contributed by atoms with Gasteiger partial charge in [0.1, 0.15) is 0 Å². The Bertz CT molecular complexity index is 586. The fraction of sp³-hybridized carbons (Fsp3) is 0.385. The van der Waals surface area contributed by atoms with E-state index in [2.05, 4.69) is 15.5 Å². The van der Waals surface area contributed by atoms with Crippen molar-refractivity contribution in [3.8, 4) is 5.75 Å². The van der Waals surface area contributed by atoms with Crippen LogP contribution in [0.25, 0.3) is 0 Å². The third-order valence-corrected chi connectivity index (χ3v) is 2.64. The topological polar surface area (TPSA) is 86.2 Å². The Labute approximate surface area is 116 Å². The summed E-state index contributed by atoms with van der Waals surface area (Å²) in [5.74, 6) is 0.851. The van der Waals surface area contributed by atoms with Crippen molar-refractivity contribution >= 4 is 11.4 Å². The van der Waals surface area contributed by atoms with Crippen LogP contribution in [0.4, 0.5) is 15.8 Å². The molecule has 1 heterocycles. The molecule has 0 atom stereocenters. The molecule has 0 unspecified atom stereocenters. The van der Waals surface area contributed by atoms with Crippen molar-refractivity contribution in [1.82, 2.24) is 10.1 Å².